The van der Waals surface area contributed by atoms with Crippen molar-refractivity contribution in [3.8, 4) is 11.5 Å². The maximum Gasteiger partial charge on any atom is 0.167 e. The van der Waals surface area contributed by atoms with E-state index in [0.717, 1.165) is 29.5 Å². The number of nitrogens with zero attached hydrogens (tertiary/aromatic N) is 1. The van der Waals surface area contributed by atoms with E-state index in [-0.39, 0.29) is 12.4 Å². The molecule has 26 heavy (non-hydrogen) atoms. The van der Waals surface area contributed by atoms with Gasteiger partial charge in [0.1, 0.15) is 12.4 Å². The Bertz CT molecular complexity index is 710. The van der Waals surface area contributed by atoms with E-state index in [1.165, 1.54) is 6.07 Å². The molecule has 0 fully saturated rings. The quantitative estimate of drug-likeness (QED) is 0.578. The van der Waals surface area contributed by atoms with Crippen LogP contribution in [0.3, 0.4) is 0 Å². The van der Waals surface area contributed by atoms with Crippen LogP contribution < -0.4 is 14.8 Å². The number of rotatable bonds is 10. The fourth-order valence-electron chi connectivity index (χ4n) is 2.57. The van der Waals surface area contributed by atoms with E-state index in [4.69, 9.17) is 9.47 Å². The summed E-state index contributed by atoms with van der Waals surface area (Å²) in [6.07, 6.45) is 1.06. The first-order valence-corrected chi connectivity index (χ1v) is 9.39. The highest BCUT2D eigenvalue weighted by Crippen LogP contribution is 2.36. The molecule has 2 rings (SSSR count). The lowest BCUT2D eigenvalue weighted by Gasteiger charge is -2.18. The van der Waals surface area contributed by atoms with Crippen LogP contribution in [-0.2, 0) is 13.2 Å². The van der Waals surface area contributed by atoms with Crippen molar-refractivity contribution < 1.29 is 13.9 Å². The van der Waals surface area contributed by atoms with Gasteiger partial charge in [-0.05, 0) is 51.8 Å². The summed E-state index contributed by atoms with van der Waals surface area (Å²) in [4.78, 5) is 2.16. The van der Waals surface area contributed by atoms with E-state index < -0.39 is 0 Å². The summed E-state index contributed by atoms with van der Waals surface area (Å²) in [5.41, 5.74) is 1.48. The zero-order valence-electron chi connectivity index (χ0n) is 15.5. The molecule has 0 heterocycles. The fourth-order valence-corrected chi connectivity index (χ4v) is 3.02. The van der Waals surface area contributed by atoms with E-state index in [9.17, 15) is 4.39 Å². The molecule has 0 radical (unpaired) electrons. The molecule has 0 atom stereocenters. The molecule has 2 aromatic carbocycles. The second-order valence-electron chi connectivity index (χ2n) is 6.27. The van der Waals surface area contributed by atoms with Gasteiger partial charge in [-0.1, -0.05) is 34.1 Å². The number of benzene rings is 2. The average Bonchev–Trinajstić information content (AvgIpc) is 2.62. The monoisotopic (exact) mass is 424 g/mol. The Morgan fingerprint density at radius 3 is 2.62 bits per heavy atom. The Morgan fingerprint density at radius 2 is 1.92 bits per heavy atom. The fraction of sp³-hybridized carbons (Fsp3) is 0.400. The van der Waals surface area contributed by atoms with Gasteiger partial charge in [-0.25, -0.2) is 4.39 Å². The van der Waals surface area contributed by atoms with Crippen molar-refractivity contribution in [3.63, 3.8) is 0 Å². The Hall–Kier alpha value is -1.63. The van der Waals surface area contributed by atoms with Gasteiger partial charge in [-0.2, -0.15) is 0 Å². The summed E-state index contributed by atoms with van der Waals surface area (Å²) in [6, 6.07) is 10.4. The van der Waals surface area contributed by atoms with Crippen molar-refractivity contribution in [2.24, 2.45) is 0 Å². The lowest BCUT2D eigenvalue weighted by Crippen LogP contribution is -2.21. The van der Waals surface area contributed by atoms with Crippen LogP contribution in [0.1, 0.15) is 17.5 Å². The normalized spacial score (nSPS) is 11.0. The lowest BCUT2D eigenvalue weighted by molar-refractivity contribution is 0.275. The zero-order chi connectivity index (χ0) is 18.9. The molecule has 0 saturated carbocycles. The third-order valence-corrected chi connectivity index (χ3v) is 4.72. The first-order chi connectivity index (χ1) is 12.5. The third-order valence-electron chi connectivity index (χ3n) is 3.98. The molecule has 0 amide bonds. The predicted octanol–water partition coefficient (Wildman–Crippen LogP) is 4.22. The highest BCUT2D eigenvalue weighted by molar-refractivity contribution is 9.10. The van der Waals surface area contributed by atoms with Gasteiger partial charge in [-0.3, -0.25) is 0 Å². The Kier molecular flexibility index (Phi) is 8.35. The highest BCUT2D eigenvalue weighted by atomic mass is 79.9. The van der Waals surface area contributed by atoms with Crippen LogP contribution in [0, 0.1) is 5.82 Å². The molecule has 6 heteroatoms. The molecule has 1 N–H and O–H groups in total. The molecular weight excluding hydrogens is 399 g/mol. The molecule has 0 bridgehead atoms. The molecular formula is C20H26BrFN2O2. The van der Waals surface area contributed by atoms with Crippen molar-refractivity contribution in [3.05, 3.63) is 57.8 Å². The van der Waals surface area contributed by atoms with Gasteiger partial charge in [-0.15, -0.1) is 0 Å². The molecule has 0 aliphatic rings. The van der Waals surface area contributed by atoms with Gasteiger partial charge in [0.2, 0.25) is 0 Å². The van der Waals surface area contributed by atoms with Crippen molar-refractivity contribution in [1.82, 2.24) is 10.2 Å². The molecule has 0 aliphatic carbocycles. The minimum atomic E-state index is -0.273. The summed E-state index contributed by atoms with van der Waals surface area (Å²) in [5.74, 6) is 0.990. The zero-order valence-corrected chi connectivity index (χ0v) is 17.1. The van der Waals surface area contributed by atoms with Gasteiger partial charge in [0.05, 0.1) is 7.11 Å². The summed E-state index contributed by atoms with van der Waals surface area (Å²) < 4.78 is 26.2. The number of halogens is 2. The van der Waals surface area contributed by atoms with Gasteiger partial charge in [0, 0.05) is 22.1 Å². The largest absolute Gasteiger partial charge is 0.493 e. The van der Waals surface area contributed by atoms with Crippen LogP contribution in [-0.4, -0.2) is 39.2 Å². The second-order valence-corrected chi connectivity index (χ2v) is 7.13. The van der Waals surface area contributed by atoms with Gasteiger partial charge < -0.3 is 19.7 Å². The summed E-state index contributed by atoms with van der Waals surface area (Å²) >= 11 is 3.59. The van der Waals surface area contributed by atoms with E-state index in [0.29, 0.717) is 23.6 Å². The minimum Gasteiger partial charge on any atom is -0.493 e. The minimum absolute atomic E-state index is 0.146. The maximum absolute atomic E-state index is 13.9. The molecule has 0 aliphatic heterocycles. The van der Waals surface area contributed by atoms with Crippen molar-refractivity contribution in [2.45, 2.75) is 19.6 Å². The van der Waals surface area contributed by atoms with E-state index in [2.05, 4.69) is 40.2 Å². The van der Waals surface area contributed by atoms with Crippen LogP contribution in [0.2, 0.25) is 0 Å². The molecule has 0 unspecified atom stereocenters. The summed E-state index contributed by atoms with van der Waals surface area (Å²) in [6.45, 7) is 2.71. The van der Waals surface area contributed by atoms with Crippen LogP contribution in [0.4, 0.5) is 4.39 Å². The van der Waals surface area contributed by atoms with E-state index >= 15 is 0 Å². The third kappa shape index (κ3) is 5.97. The van der Waals surface area contributed by atoms with Crippen molar-refractivity contribution in [2.75, 3.05) is 34.3 Å². The first-order valence-electron chi connectivity index (χ1n) is 8.60. The first kappa shape index (κ1) is 20.7. The average molecular weight is 425 g/mol. The second kappa shape index (κ2) is 10.5. The van der Waals surface area contributed by atoms with Gasteiger partial charge in [0.25, 0.3) is 0 Å². The maximum atomic E-state index is 13.9. The topological polar surface area (TPSA) is 33.7 Å². The van der Waals surface area contributed by atoms with Gasteiger partial charge >= 0.3 is 0 Å². The standard InChI is InChI=1S/C20H26BrFN2O2/c1-24(2)12-6-11-23-13-16-17(21)9-10-19(25-3)20(16)26-14-15-7-4-5-8-18(15)22/h4-5,7-10,23H,6,11-14H2,1-3H3. The molecule has 0 saturated heterocycles. The Morgan fingerprint density at radius 1 is 1.15 bits per heavy atom. The SMILES string of the molecule is COc1ccc(Br)c(CNCCCN(C)C)c1OCc1ccccc1F. The van der Waals surface area contributed by atoms with Crippen LogP contribution >= 0.6 is 15.9 Å². The number of methoxy groups -OCH3 is 1. The van der Waals surface area contributed by atoms with E-state index in [1.54, 1.807) is 25.3 Å². The Labute approximate surface area is 163 Å². The number of hydrogen-bond acceptors (Lipinski definition) is 4. The van der Waals surface area contributed by atoms with Crippen LogP contribution in [0.15, 0.2) is 40.9 Å². The Balaban J connectivity index is 2.10. The predicted molar refractivity (Wildman–Crippen MR) is 106 cm³/mol. The number of nitrogens with one attached hydrogen (secondary N) is 1. The molecule has 0 spiro atoms. The number of ether oxygens (including phenoxy) is 2. The highest BCUT2D eigenvalue weighted by Gasteiger charge is 2.15. The van der Waals surface area contributed by atoms with Crippen molar-refractivity contribution in [1.29, 1.82) is 0 Å². The summed E-state index contributed by atoms with van der Waals surface area (Å²) in [5, 5.41) is 3.43. The molecule has 2 aromatic rings. The smallest absolute Gasteiger partial charge is 0.167 e. The summed E-state index contributed by atoms with van der Waals surface area (Å²) in [7, 11) is 5.73. The van der Waals surface area contributed by atoms with Gasteiger partial charge in [0.15, 0.2) is 11.5 Å². The van der Waals surface area contributed by atoms with E-state index in [1.807, 2.05) is 12.1 Å². The van der Waals surface area contributed by atoms with Crippen molar-refractivity contribution >= 4 is 15.9 Å². The molecule has 4 nitrogen and oxygen atoms in total. The van der Waals surface area contributed by atoms with Crippen LogP contribution in [0.5, 0.6) is 11.5 Å². The van der Waals surface area contributed by atoms with Crippen LogP contribution in [0.25, 0.3) is 0 Å². The molecule has 142 valence electrons. The lowest BCUT2D eigenvalue weighted by atomic mass is 10.1. The molecule has 0 aromatic heterocycles. The number of hydrogen-bond donors (Lipinski definition) is 1.